The van der Waals surface area contributed by atoms with Crippen molar-refractivity contribution < 1.29 is 33.5 Å². The summed E-state index contributed by atoms with van der Waals surface area (Å²) in [6.07, 6.45) is 0.191. The number of aliphatic hydroxyl groups excluding tert-OH is 1. The minimum Gasteiger partial charge on any atom is -0.383 e. The second-order valence-corrected chi connectivity index (χ2v) is 8.31. The van der Waals surface area contributed by atoms with Gasteiger partial charge in [-0.25, -0.2) is 0 Å². The van der Waals surface area contributed by atoms with Gasteiger partial charge in [0.25, 0.3) is 0 Å². The van der Waals surface area contributed by atoms with Crippen LogP contribution in [-0.2, 0) is 18.7 Å². The standard InChI is InChI=1S/C16H24N3O7PS/c1-16(2,10-26-27(24)25)13(21)14(22)19-7-5-12(20)18-8-9-28-15(23)11-4-3-6-17-11/h3-4,6,13,21H,5,7-10H2,1-2H3,(H3-,17,18,19,20,22,23,24,25)/p+1/t13-/m0/s1. The molecule has 0 aromatic carbocycles. The first-order valence-electron chi connectivity index (χ1n) is 8.45. The Kier molecular flexibility index (Phi) is 10.3. The maximum Gasteiger partial charge on any atom is 0.694 e. The predicted molar refractivity (Wildman–Crippen MR) is 104 cm³/mol. The maximum absolute atomic E-state index is 11.9. The highest BCUT2D eigenvalue weighted by atomic mass is 32.2. The van der Waals surface area contributed by atoms with Crippen molar-refractivity contribution in [3.05, 3.63) is 24.0 Å². The van der Waals surface area contributed by atoms with Crippen molar-refractivity contribution in [1.29, 1.82) is 0 Å². The zero-order valence-electron chi connectivity index (χ0n) is 15.6. The SMILES string of the molecule is CC(C)(CO[P+](=O)O)[C@@H](O)C(=O)NCCC(=O)NCCSC(=O)c1ccc[nH]1. The average Bonchev–Trinajstić information content (AvgIpc) is 3.17. The first kappa shape index (κ1) is 24.3. The average molecular weight is 434 g/mol. The molecule has 12 heteroatoms. The van der Waals surface area contributed by atoms with E-state index in [4.69, 9.17) is 4.89 Å². The van der Waals surface area contributed by atoms with Crippen molar-refractivity contribution in [3.63, 3.8) is 0 Å². The van der Waals surface area contributed by atoms with Gasteiger partial charge in [-0.3, -0.25) is 14.4 Å². The number of aromatic amines is 1. The Balaban J connectivity index is 2.20. The molecule has 0 spiro atoms. The quantitative estimate of drug-likeness (QED) is 0.236. The van der Waals surface area contributed by atoms with Gasteiger partial charge in [0.15, 0.2) is 0 Å². The van der Waals surface area contributed by atoms with Crippen molar-refractivity contribution in [2.45, 2.75) is 26.4 Å². The third-order valence-electron chi connectivity index (χ3n) is 3.66. The van der Waals surface area contributed by atoms with Crippen molar-refractivity contribution >= 4 is 36.9 Å². The first-order chi connectivity index (χ1) is 13.1. The molecule has 0 aliphatic carbocycles. The largest absolute Gasteiger partial charge is 0.694 e. The number of carbonyl (C=O) groups is 3. The number of amides is 2. The van der Waals surface area contributed by atoms with Gasteiger partial charge in [-0.15, -0.1) is 9.42 Å². The molecule has 0 bridgehead atoms. The molecule has 1 unspecified atom stereocenters. The lowest BCUT2D eigenvalue weighted by Crippen LogP contribution is -2.46. The van der Waals surface area contributed by atoms with E-state index in [2.05, 4.69) is 20.1 Å². The lowest BCUT2D eigenvalue weighted by Gasteiger charge is -2.26. The van der Waals surface area contributed by atoms with Gasteiger partial charge in [-0.05, 0) is 12.1 Å². The molecule has 0 fully saturated rings. The lowest BCUT2D eigenvalue weighted by molar-refractivity contribution is -0.136. The maximum atomic E-state index is 11.9. The summed E-state index contributed by atoms with van der Waals surface area (Å²) in [7, 11) is -2.82. The van der Waals surface area contributed by atoms with Crippen LogP contribution in [0.5, 0.6) is 0 Å². The fourth-order valence-electron chi connectivity index (χ4n) is 2.01. The van der Waals surface area contributed by atoms with E-state index >= 15 is 0 Å². The summed E-state index contributed by atoms with van der Waals surface area (Å²) in [5.74, 6) is -0.597. The summed E-state index contributed by atoms with van der Waals surface area (Å²) in [5, 5.41) is 15.0. The molecular formula is C16H25N3O7PS+. The topological polar surface area (TPSA) is 158 Å². The van der Waals surface area contributed by atoms with Crippen LogP contribution in [0.1, 0.15) is 30.8 Å². The summed E-state index contributed by atoms with van der Waals surface area (Å²) in [6, 6.07) is 3.39. The Labute approximate surface area is 167 Å². The summed E-state index contributed by atoms with van der Waals surface area (Å²) in [4.78, 5) is 46.9. The molecule has 0 saturated heterocycles. The van der Waals surface area contributed by atoms with Crippen LogP contribution >= 0.6 is 20.0 Å². The summed E-state index contributed by atoms with van der Waals surface area (Å²) >= 11 is 1.08. The normalized spacial score (nSPS) is 12.9. The number of aromatic nitrogens is 1. The fourth-order valence-corrected chi connectivity index (χ4v) is 3.12. The first-order valence-corrected chi connectivity index (χ1v) is 10.6. The van der Waals surface area contributed by atoms with Crippen LogP contribution in [0.4, 0.5) is 0 Å². The van der Waals surface area contributed by atoms with E-state index < -0.39 is 25.7 Å². The minimum atomic E-state index is -2.82. The smallest absolute Gasteiger partial charge is 0.383 e. The Morgan fingerprint density at radius 2 is 2.04 bits per heavy atom. The molecule has 2 amide bonds. The van der Waals surface area contributed by atoms with Gasteiger partial charge in [0, 0.05) is 41.4 Å². The highest BCUT2D eigenvalue weighted by Crippen LogP contribution is 2.26. The molecule has 0 aliphatic heterocycles. The van der Waals surface area contributed by atoms with Crippen molar-refractivity contribution in [1.82, 2.24) is 15.6 Å². The monoisotopic (exact) mass is 434 g/mol. The molecule has 0 radical (unpaired) electrons. The Hall–Kier alpha value is -1.78. The van der Waals surface area contributed by atoms with E-state index in [-0.39, 0.29) is 30.6 Å². The van der Waals surface area contributed by atoms with E-state index in [1.54, 1.807) is 18.3 Å². The van der Waals surface area contributed by atoms with Gasteiger partial charge in [0.05, 0.1) is 5.69 Å². The number of carbonyl (C=O) groups excluding carboxylic acids is 3. The van der Waals surface area contributed by atoms with Gasteiger partial charge < -0.3 is 20.7 Å². The lowest BCUT2D eigenvalue weighted by atomic mass is 9.87. The van der Waals surface area contributed by atoms with Gasteiger partial charge in [-0.1, -0.05) is 25.6 Å². The van der Waals surface area contributed by atoms with Crippen LogP contribution in [0.3, 0.4) is 0 Å². The molecule has 0 saturated carbocycles. The molecule has 5 N–H and O–H groups in total. The van der Waals surface area contributed by atoms with E-state index in [9.17, 15) is 24.1 Å². The molecule has 1 rings (SSSR count). The molecule has 1 aromatic rings. The fraction of sp³-hybridized carbons (Fsp3) is 0.562. The number of rotatable bonds is 12. The minimum absolute atomic E-state index is 0.00707. The number of aliphatic hydroxyl groups is 1. The van der Waals surface area contributed by atoms with Gasteiger partial charge in [0.2, 0.25) is 16.9 Å². The Morgan fingerprint density at radius 1 is 1.32 bits per heavy atom. The van der Waals surface area contributed by atoms with Gasteiger partial charge >= 0.3 is 8.25 Å². The number of thioether (sulfide) groups is 1. The highest BCUT2D eigenvalue weighted by Gasteiger charge is 2.36. The molecule has 28 heavy (non-hydrogen) atoms. The number of nitrogens with one attached hydrogen (secondary N) is 3. The second-order valence-electron chi connectivity index (χ2n) is 6.51. The van der Waals surface area contributed by atoms with E-state index in [1.807, 2.05) is 0 Å². The molecule has 2 atom stereocenters. The molecule has 1 aromatic heterocycles. The molecule has 10 nitrogen and oxygen atoms in total. The summed E-state index contributed by atoms with van der Waals surface area (Å²) in [6.45, 7) is 3.05. The van der Waals surface area contributed by atoms with E-state index in [0.29, 0.717) is 18.0 Å². The van der Waals surface area contributed by atoms with Crippen molar-refractivity contribution in [3.8, 4) is 0 Å². The zero-order valence-corrected chi connectivity index (χ0v) is 17.3. The Bertz CT molecular complexity index is 682. The predicted octanol–water partition coefficient (Wildman–Crippen LogP) is 0.564. The number of H-pyrrole nitrogens is 1. The van der Waals surface area contributed by atoms with Gasteiger partial charge in [-0.2, -0.15) is 0 Å². The third kappa shape index (κ3) is 8.94. The zero-order chi connectivity index (χ0) is 21.2. The van der Waals surface area contributed by atoms with Crippen LogP contribution < -0.4 is 10.6 Å². The molecule has 1 heterocycles. The summed E-state index contributed by atoms with van der Waals surface area (Å²) in [5.41, 5.74) is -0.583. The van der Waals surface area contributed by atoms with Crippen LogP contribution in [0.2, 0.25) is 0 Å². The van der Waals surface area contributed by atoms with Gasteiger partial charge in [0.1, 0.15) is 12.7 Å². The van der Waals surface area contributed by atoms with Crippen LogP contribution in [0, 0.1) is 5.41 Å². The second kappa shape index (κ2) is 11.9. The third-order valence-corrected chi connectivity index (χ3v) is 4.90. The molecular weight excluding hydrogens is 409 g/mol. The van der Waals surface area contributed by atoms with Crippen molar-refractivity contribution in [2.75, 3.05) is 25.4 Å². The number of hydrogen-bond donors (Lipinski definition) is 5. The number of hydrogen-bond acceptors (Lipinski definition) is 7. The highest BCUT2D eigenvalue weighted by molar-refractivity contribution is 8.14. The Morgan fingerprint density at radius 3 is 2.64 bits per heavy atom. The molecule has 0 aliphatic rings. The van der Waals surface area contributed by atoms with Crippen LogP contribution in [0.25, 0.3) is 0 Å². The van der Waals surface area contributed by atoms with Crippen molar-refractivity contribution in [2.24, 2.45) is 5.41 Å². The molecule has 156 valence electrons. The summed E-state index contributed by atoms with van der Waals surface area (Å²) < 4.78 is 15.1. The van der Waals surface area contributed by atoms with Crippen LogP contribution in [-0.4, -0.2) is 63.5 Å². The van der Waals surface area contributed by atoms with Crippen LogP contribution in [0.15, 0.2) is 18.3 Å². The van der Waals surface area contributed by atoms with E-state index in [0.717, 1.165) is 11.8 Å². The van der Waals surface area contributed by atoms with E-state index in [1.165, 1.54) is 13.8 Å².